The Bertz CT molecular complexity index is 624. The molecule has 1 aliphatic rings. The highest BCUT2D eigenvalue weighted by Gasteiger charge is 2.15. The summed E-state index contributed by atoms with van der Waals surface area (Å²) >= 11 is 5.70. The molecule has 0 radical (unpaired) electrons. The van der Waals surface area contributed by atoms with Crippen LogP contribution in [0.3, 0.4) is 0 Å². The lowest BCUT2D eigenvalue weighted by Gasteiger charge is -2.21. The SMILES string of the molecule is Fc1cc(NCc2ccccc2N2CCCC2)ccc1Cl. The van der Waals surface area contributed by atoms with Crippen molar-refractivity contribution in [3.8, 4) is 0 Å². The molecule has 2 aromatic rings. The van der Waals surface area contributed by atoms with Gasteiger partial charge in [-0.1, -0.05) is 29.8 Å². The summed E-state index contributed by atoms with van der Waals surface area (Å²) in [6.07, 6.45) is 2.51. The van der Waals surface area contributed by atoms with Crippen molar-refractivity contribution in [1.82, 2.24) is 0 Å². The lowest BCUT2D eigenvalue weighted by Crippen LogP contribution is -2.19. The molecule has 1 aliphatic heterocycles. The fraction of sp³-hybridized carbons (Fsp3) is 0.294. The molecule has 0 unspecified atom stereocenters. The van der Waals surface area contributed by atoms with Crippen LogP contribution in [-0.2, 0) is 6.54 Å². The van der Waals surface area contributed by atoms with Crippen molar-refractivity contribution in [3.05, 3.63) is 58.9 Å². The average molecular weight is 305 g/mol. The van der Waals surface area contributed by atoms with E-state index in [1.165, 1.54) is 30.2 Å². The zero-order valence-electron chi connectivity index (χ0n) is 11.8. The van der Waals surface area contributed by atoms with Crippen molar-refractivity contribution in [2.45, 2.75) is 19.4 Å². The third-order valence-electron chi connectivity index (χ3n) is 3.84. The zero-order valence-corrected chi connectivity index (χ0v) is 12.5. The summed E-state index contributed by atoms with van der Waals surface area (Å²) in [5.41, 5.74) is 3.25. The second-order valence-corrected chi connectivity index (χ2v) is 5.71. The summed E-state index contributed by atoms with van der Waals surface area (Å²) in [7, 11) is 0. The summed E-state index contributed by atoms with van der Waals surface area (Å²) in [6, 6.07) is 13.2. The Hall–Kier alpha value is -1.74. The molecule has 1 heterocycles. The first kappa shape index (κ1) is 14.2. The first-order valence-electron chi connectivity index (χ1n) is 7.26. The molecule has 0 aliphatic carbocycles. The molecular formula is C17H18ClFN2. The molecule has 0 amide bonds. The van der Waals surface area contributed by atoms with Crippen LogP contribution in [-0.4, -0.2) is 13.1 Å². The number of para-hydroxylation sites is 1. The molecule has 1 N–H and O–H groups in total. The van der Waals surface area contributed by atoms with Crippen LogP contribution in [0.1, 0.15) is 18.4 Å². The van der Waals surface area contributed by atoms with Crippen molar-refractivity contribution in [3.63, 3.8) is 0 Å². The number of anilines is 2. The van der Waals surface area contributed by atoms with Gasteiger partial charge in [0, 0.05) is 31.0 Å². The van der Waals surface area contributed by atoms with Gasteiger partial charge in [-0.2, -0.15) is 0 Å². The monoisotopic (exact) mass is 304 g/mol. The third kappa shape index (κ3) is 3.30. The summed E-state index contributed by atoms with van der Waals surface area (Å²) in [4.78, 5) is 2.42. The lowest BCUT2D eigenvalue weighted by molar-refractivity contribution is 0.628. The molecule has 0 bridgehead atoms. The molecule has 4 heteroatoms. The molecule has 1 saturated heterocycles. The van der Waals surface area contributed by atoms with Gasteiger partial charge in [-0.3, -0.25) is 0 Å². The van der Waals surface area contributed by atoms with Crippen molar-refractivity contribution in [2.75, 3.05) is 23.3 Å². The van der Waals surface area contributed by atoms with Gasteiger partial charge < -0.3 is 10.2 Å². The molecule has 110 valence electrons. The number of benzene rings is 2. The van der Waals surface area contributed by atoms with E-state index in [4.69, 9.17) is 11.6 Å². The average Bonchev–Trinajstić information content (AvgIpc) is 3.03. The first-order valence-corrected chi connectivity index (χ1v) is 7.63. The van der Waals surface area contributed by atoms with Gasteiger partial charge in [0.1, 0.15) is 5.82 Å². The summed E-state index contributed by atoms with van der Waals surface area (Å²) < 4.78 is 13.4. The van der Waals surface area contributed by atoms with Crippen LogP contribution in [0, 0.1) is 5.82 Å². The highest BCUT2D eigenvalue weighted by Crippen LogP contribution is 2.26. The second-order valence-electron chi connectivity index (χ2n) is 5.31. The minimum atomic E-state index is -0.394. The summed E-state index contributed by atoms with van der Waals surface area (Å²) in [6.45, 7) is 2.91. The van der Waals surface area contributed by atoms with Crippen LogP contribution < -0.4 is 10.2 Å². The number of hydrogen-bond donors (Lipinski definition) is 1. The van der Waals surface area contributed by atoms with E-state index < -0.39 is 5.82 Å². The number of hydrogen-bond acceptors (Lipinski definition) is 2. The fourth-order valence-corrected chi connectivity index (χ4v) is 2.85. The molecule has 1 fully saturated rings. The number of nitrogens with zero attached hydrogens (tertiary/aromatic N) is 1. The Morgan fingerprint density at radius 1 is 1.10 bits per heavy atom. The number of rotatable bonds is 4. The lowest BCUT2D eigenvalue weighted by atomic mass is 10.1. The Kier molecular flexibility index (Phi) is 4.30. The molecule has 3 rings (SSSR count). The van der Waals surface area contributed by atoms with Crippen LogP contribution in [0.5, 0.6) is 0 Å². The third-order valence-corrected chi connectivity index (χ3v) is 4.15. The second kappa shape index (κ2) is 6.35. The van der Waals surface area contributed by atoms with Gasteiger partial charge in [-0.05, 0) is 42.7 Å². The van der Waals surface area contributed by atoms with Crippen LogP contribution in [0.15, 0.2) is 42.5 Å². The van der Waals surface area contributed by atoms with E-state index in [1.54, 1.807) is 12.1 Å². The van der Waals surface area contributed by atoms with Crippen molar-refractivity contribution in [2.24, 2.45) is 0 Å². The van der Waals surface area contributed by atoms with Gasteiger partial charge in [0.05, 0.1) is 5.02 Å². The van der Waals surface area contributed by atoms with Crippen LogP contribution >= 0.6 is 11.6 Å². The predicted octanol–water partition coefficient (Wildman–Crippen LogP) is 4.69. The standard InChI is InChI=1S/C17H18ClFN2/c18-15-8-7-14(11-16(15)19)20-12-13-5-1-2-6-17(13)21-9-3-4-10-21/h1-2,5-8,11,20H,3-4,9-10,12H2. The molecule has 0 saturated carbocycles. The van der Waals surface area contributed by atoms with Gasteiger partial charge >= 0.3 is 0 Å². The molecule has 2 aromatic carbocycles. The minimum absolute atomic E-state index is 0.151. The van der Waals surface area contributed by atoms with E-state index in [-0.39, 0.29) is 5.02 Å². The van der Waals surface area contributed by atoms with Gasteiger partial charge in [0.25, 0.3) is 0 Å². The molecule has 0 aromatic heterocycles. The van der Waals surface area contributed by atoms with E-state index in [9.17, 15) is 4.39 Å². The zero-order chi connectivity index (χ0) is 14.7. The topological polar surface area (TPSA) is 15.3 Å². The van der Waals surface area contributed by atoms with Crippen molar-refractivity contribution in [1.29, 1.82) is 0 Å². The maximum atomic E-state index is 13.4. The van der Waals surface area contributed by atoms with Crippen LogP contribution in [0.4, 0.5) is 15.8 Å². The quantitative estimate of drug-likeness (QED) is 0.881. The van der Waals surface area contributed by atoms with Crippen LogP contribution in [0.25, 0.3) is 0 Å². The summed E-state index contributed by atoms with van der Waals surface area (Å²) in [5, 5.41) is 3.42. The highest BCUT2D eigenvalue weighted by molar-refractivity contribution is 6.30. The Labute approximate surface area is 129 Å². The fourth-order valence-electron chi connectivity index (χ4n) is 2.73. The molecule has 2 nitrogen and oxygen atoms in total. The van der Waals surface area contributed by atoms with Gasteiger partial charge in [0.2, 0.25) is 0 Å². The molecule has 0 spiro atoms. The highest BCUT2D eigenvalue weighted by atomic mass is 35.5. The maximum absolute atomic E-state index is 13.4. The molecular weight excluding hydrogens is 287 g/mol. The van der Waals surface area contributed by atoms with Gasteiger partial charge in [-0.15, -0.1) is 0 Å². The Morgan fingerprint density at radius 2 is 1.86 bits per heavy atom. The van der Waals surface area contributed by atoms with Crippen LogP contribution in [0.2, 0.25) is 5.02 Å². The normalized spacial score (nSPS) is 14.5. The largest absolute Gasteiger partial charge is 0.381 e. The van der Waals surface area contributed by atoms with E-state index in [0.29, 0.717) is 6.54 Å². The molecule has 0 atom stereocenters. The smallest absolute Gasteiger partial charge is 0.143 e. The van der Waals surface area contributed by atoms with Gasteiger partial charge in [-0.25, -0.2) is 4.39 Å². The van der Waals surface area contributed by atoms with E-state index in [2.05, 4.69) is 28.4 Å². The van der Waals surface area contributed by atoms with E-state index in [0.717, 1.165) is 18.8 Å². The Morgan fingerprint density at radius 3 is 2.62 bits per heavy atom. The minimum Gasteiger partial charge on any atom is -0.381 e. The van der Waals surface area contributed by atoms with E-state index >= 15 is 0 Å². The van der Waals surface area contributed by atoms with E-state index in [1.807, 2.05) is 6.07 Å². The van der Waals surface area contributed by atoms with Crippen molar-refractivity contribution >= 4 is 23.0 Å². The van der Waals surface area contributed by atoms with Gasteiger partial charge in [0.15, 0.2) is 0 Å². The van der Waals surface area contributed by atoms with Crippen molar-refractivity contribution < 1.29 is 4.39 Å². The summed E-state index contributed by atoms with van der Waals surface area (Å²) in [5.74, 6) is -0.394. The predicted molar refractivity (Wildman–Crippen MR) is 86.6 cm³/mol. The number of halogens is 2. The molecule has 21 heavy (non-hydrogen) atoms. The Balaban J connectivity index is 1.74. The number of nitrogens with one attached hydrogen (secondary N) is 1. The first-order chi connectivity index (χ1) is 10.2. The maximum Gasteiger partial charge on any atom is 0.143 e.